The molecule has 0 radical (unpaired) electrons. The van der Waals surface area contributed by atoms with E-state index in [-0.39, 0.29) is 12.2 Å². The molecule has 0 aliphatic heterocycles. The van der Waals surface area contributed by atoms with Crippen LogP contribution in [-0.4, -0.2) is 38.3 Å². The number of nitrogens with one attached hydrogen (secondary N) is 1. The number of carbonyl (C=O) groups is 1. The first-order valence-electron chi connectivity index (χ1n) is 7.70. The van der Waals surface area contributed by atoms with Gasteiger partial charge in [-0.3, -0.25) is 14.9 Å². The summed E-state index contributed by atoms with van der Waals surface area (Å²) < 4.78 is 61.7. The third kappa shape index (κ3) is 5.03. The van der Waals surface area contributed by atoms with E-state index in [0.717, 1.165) is 11.0 Å². The minimum absolute atomic E-state index is 0.224. The minimum Gasteiger partial charge on any atom is -0.360 e. The highest BCUT2D eigenvalue weighted by Crippen LogP contribution is 2.35. The Morgan fingerprint density at radius 3 is 2.41 bits per heavy atom. The standard InChI is InChI=1S/C16H13BrF3N3O5S/c1-22(9-15(24)21-12-5-3-2-4-11(12)17)13-7-6-10(8-14(13)23(25)26)29(27,28)16(18,19)20/h2-8H,9H2,1H3,(H,21,24). The molecular formula is C16H13BrF3N3O5S. The molecular weight excluding hydrogens is 483 g/mol. The summed E-state index contributed by atoms with van der Waals surface area (Å²) in [6, 6.07) is 8.47. The Balaban J connectivity index is 2.30. The Hall–Kier alpha value is -2.67. The second-order valence-corrected chi connectivity index (χ2v) is 8.54. The zero-order valence-corrected chi connectivity index (χ0v) is 17.0. The lowest BCUT2D eigenvalue weighted by Crippen LogP contribution is -2.30. The molecule has 0 spiro atoms. The van der Waals surface area contributed by atoms with Gasteiger partial charge in [-0.1, -0.05) is 12.1 Å². The minimum atomic E-state index is -5.75. The molecule has 0 atom stereocenters. The van der Waals surface area contributed by atoms with Crippen molar-refractivity contribution in [1.82, 2.24) is 0 Å². The topological polar surface area (TPSA) is 110 Å². The molecule has 0 bridgehead atoms. The van der Waals surface area contributed by atoms with Gasteiger partial charge in [0, 0.05) is 17.6 Å². The van der Waals surface area contributed by atoms with Gasteiger partial charge in [0.2, 0.25) is 5.91 Å². The molecule has 0 aromatic heterocycles. The van der Waals surface area contributed by atoms with Crippen LogP contribution in [0.1, 0.15) is 0 Å². The van der Waals surface area contributed by atoms with Crippen molar-refractivity contribution in [2.75, 3.05) is 23.8 Å². The van der Waals surface area contributed by atoms with Gasteiger partial charge < -0.3 is 10.2 Å². The average molecular weight is 496 g/mol. The number of hydrogen-bond donors (Lipinski definition) is 1. The summed E-state index contributed by atoms with van der Waals surface area (Å²) in [5.41, 5.74) is -6.26. The number of carbonyl (C=O) groups excluding carboxylic acids is 1. The van der Waals surface area contributed by atoms with Crippen molar-refractivity contribution >= 4 is 48.7 Å². The predicted molar refractivity (Wildman–Crippen MR) is 102 cm³/mol. The fourth-order valence-electron chi connectivity index (χ4n) is 2.33. The van der Waals surface area contributed by atoms with Crippen LogP contribution in [0.4, 0.5) is 30.2 Å². The van der Waals surface area contributed by atoms with Crippen LogP contribution in [0.3, 0.4) is 0 Å². The highest BCUT2D eigenvalue weighted by molar-refractivity contribution is 9.10. The zero-order valence-electron chi connectivity index (χ0n) is 14.6. The Morgan fingerprint density at radius 1 is 1.24 bits per heavy atom. The molecule has 2 aromatic carbocycles. The molecule has 1 amide bonds. The average Bonchev–Trinajstić information content (AvgIpc) is 2.62. The van der Waals surface area contributed by atoms with Crippen molar-refractivity contribution in [3.63, 3.8) is 0 Å². The summed E-state index contributed by atoms with van der Waals surface area (Å²) in [6.07, 6.45) is 0. The highest BCUT2D eigenvalue weighted by Gasteiger charge is 2.47. The van der Waals surface area contributed by atoms with Gasteiger partial charge in [-0.05, 0) is 40.2 Å². The summed E-state index contributed by atoms with van der Waals surface area (Å²) >= 11 is 3.24. The summed E-state index contributed by atoms with van der Waals surface area (Å²) in [5, 5.41) is 13.8. The van der Waals surface area contributed by atoms with Crippen molar-refractivity contribution in [1.29, 1.82) is 0 Å². The van der Waals surface area contributed by atoms with Crippen molar-refractivity contribution < 1.29 is 31.3 Å². The Labute approximate surface area is 171 Å². The van der Waals surface area contributed by atoms with E-state index >= 15 is 0 Å². The lowest BCUT2D eigenvalue weighted by molar-refractivity contribution is -0.384. The van der Waals surface area contributed by atoms with Gasteiger partial charge in [-0.25, -0.2) is 8.42 Å². The number of rotatable bonds is 6. The smallest absolute Gasteiger partial charge is 0.360 e. The Morgan fingerprint density at radius 2 is 1.86 bits per heavy atom. The third-order valence-corrected chi connectivity index (χ3v) is 5.87. The third-order valence-electron chi connectivity index (χ3n) is 3.70. The number of nitrogens with zero attached hydrogens (tertiary/aromatic N) is 2. The molecule has 2 rings (SSSR count). The normalized spacial score (nSPS) is 11.8. The van der Waals surface area contributed by atoms with Crippen molar-refractivity contribution in [2.45, 2.75) is 10.4 Å². The number of nitro groups is 1. The number of benzene rings is 2. The van der Waals surface area contributed by atoms with Crippen LogP contribution in [-0.2, 0) is 14.6 Å². The van der Waals surface area contributed by atoms with E-state index in [0.29, 0.717) is 22.3 Å². The van der Waals surface area contributed by atoms with E-state index in [1.54, 1.807) is 24.3 Å². The molecule has 1 N–H and O–H groups in total. The monoisotopic (exact) mass is 495 g/mol. The van der Waals surface area contributed by atoms with Crippen LogP contribution >= 0.6 is 15.9 Å². The van der Waals surface area contributed by atoms with Crippen LogP contribution in [0, 0.1) is 10.1 Å². The van der Waals surface area contributed by atoms with Crippen LogP contribution in [0.2, 0.25) is 0 Å². The number of para-hydroxylation sites is 1. The fourth-order valence-corrected chi connectivity index (χ4v) is 3.49. The van der Waals surface area contributed by atoms with Gasteiger partial charge in [0.25, 0.3) is 15.5 Å². The van der Waals surface area contributed by atoms with Crippen LogP contribution in [0.5, 0.6) is 0 Å². The molecule has 8 nitrogen and oxygen atoms in total. The summed E-state index contributed by atoms with van der Waals surface area (Å²) in [5.74, 6) is -0.555. The van der Waals surface area contributed by atoms with Crippen LogP contribution < -0.4 is 10.2 Å². The van der Waals surface area contributed by atoms with Crippen LogP contribution in [0.25, 0.3) is 0 Å². The number of anilines is 2. The molecule has 29 heavy (non-hydrogen) atoms. The van der Waals surface area contributed by atoms with Gasteiger partial charge in [0.1, 0.15) is 5.69 Å². The number of hydrogen-bond acceptors (Lipinski definition) is 6. The van der Waals surface area contributed by atoms with E-state index in [2.05, 4.69) is 21.2 Å². The molecule has 0 fully saturated rings. The number of halogens is 4. The van der Waals surface area contributed by atoms with E-state index in [9.17, 15) is 36.5 Å². The highest BCUT2D eigenvalue weighted by atomic mass is 79.9. The summed E-state index contributed by atoms with van der Waals surface area (Å²) in [4.78, 5) is 22.3. The summed E-state index contributed by atoms with van der Waals surface area (Å²) in [7, 11) is -4.45. The molecule has 0 aliphatic rings. The fraction of sp³-hybridized carbons (Fsp3) is 0.188. The molecule has 156 valence electrons. The predicted octanol–water partition coefficient (Wildman–Crippen LogP) is 3.73. The van der Waals surface area contributed by atoms with E-state index < -0.39 is 36.8 Å². The van der Waals surface area contributed by atoms with E-state index in [1.807, 2.05) is 0 Å². The Bertz CT molecular complexity index is 1060. The van der Waals surface area contributed by atoms with Gasteiger partial charge in [-0.15, -0.1) is 0 Å². The van der Waals surface area contributed by atoms with Crippen molar-refractivity contribution in [3.05, 3.63) is 57.1 Å². The molecule has 0 aliphatic carbocycles. The second-order valence-electron chi connectivity index (χ2n) is 5.74. The van der Waals surface area contributed by atoms with Gasteiger partial charge >= 0.3 is 5.51 Å². The molecule has 0 unspecified atom stereocenters. The SMILES string of the molecule is CN(CC(=O)Nc1ccccc1Br)c1ccc(S(=O)(=O)C(F)(F)F)cc1[N+](=O)[O-]. The number of amides is 1. The second kappa shape index (κ2) is 8.37. The zero-order chi connectivity index (χ0) is 22.0. The molecule has 13 heteroatoms. The maximum atomic E-state index is 12.7. The maximum absolute atomic E-state index is 12.7. The Kier molecular flexibility index (Phi) is 6.53. The number of alkyl halides is 3. The van der Waals surface area contributed by atoms with E-state index in [4.69, 9.17) is 0 Å². The molecule has 0 saturated heterocycles. The van der Waals surface area contributed by atoms with Crippen molar-refractivity contribution in [2.24, 2.45) is 0 Å². The van der Waals surface area contributed by atoms with Gasteiger partial charge in [0.15, 0.2) is 0 Å². The largest absolute Gasteiger partial charge is 0.501 e. The first-order valence-corrected chi connectivity index (χ1v) is 9.97. The lowest BCUT2D eigenvalue weighted by Gasteiger charge is -2.19. The van der Waals surface area contributed by atoms with Gasteiger partial charge in [0.05, 0.1) is 22.1 Å². The summed E-state index contributed by atoms with van der Waals surface area (Å²) in [6.45, 7) is -0.381. The quantitative estimate of drug-likeness (QED) is 0.482. The van der Waals surface area contributed by atoms with E-state index in [1.165, 1.54) is 7.05 Å². The van der Waals surface area contributed by atoms with Crippen molar-refractivity contribution in [3.8, 4) is 0 Å². The maximum Gasteiger partial charge on any atom is 0.501 e. The first-order chi connectivity index (χ1) is 13.3. The molecule has 0 saturated carbocycles. The number of nitro benzene ring substituents is 1. The lowest BCUT2D eigenvalue weighted by atomic mass is 10.2. The number of likely N-dealkylation sites (N-methyl/N-ethyl adjacent to an activating group) is 1. The molecule has 0 heterocycles. The first kappa shape index (κ1) is 22.6. The van der Waals surface area contributed by atoms with Crippen LogP contribution in [0.15, 0.2) is 51.8 Å². The molecule has 2 aromatic rings. The number of sulfone groups is 1. The van der Waals surface area contributed by atoms with Gasteiger partial charge in [-0.2, -0.15) is 13.2 Å².